The van der Waals surface area contributed by atoms with E-state index in [4.69, 9.17) is 0 Å². The van der Waals surface area contributed by atoms with Gasteiger partial charge < -0.3 is 5.32 Å². The van der Waals surface area contributed by atoms with Crippen LogP contribution in [0.4, 0.5) is 0 Å². The Morgan fingerprint density at radius 1 is 1.28 bits per heavy atom. The van der Waals surface area contributed by atoms with Gasteiger partial charge in [0.05, 0.1) is 0 Å². The summed E-state index contributed by atoms with van der Waals surface area (Å²) in [5, 5.41) is 3.57. The Morgan fingerprint density at radius 3 is 2.78 bits per heavy atom. The molecule has 1 nitrogen and oxygen atoms in total. The van der Waals surface area contributed by atoms with Crippen LogP contribution in [0.5, 0.6) is 0 Å². The number of rotatable bonds is 5. The molecule has 2 unspecified atom stereocenters. The van der Waals surface area contributed by atoms with Crippen LogP contribution in [-0.4, -0.2) is 13.1 Å². The molecule has 0 radical (unpaired) electrons. The molecular formula is C17H27N. The Morgan fingerprint density at radius 2 is 2.06 bits per heavy atom. The van der Waals surface area contributed by atoms with E-state index in [1.54, 1.807) is 0 Å². The summed E-state index contributed by atoms with van der Waals surface area (Å²) >= 11 is 0. The second-order valence-corrected chi connectivity index (χ2v) is 6.08. The molecule has 1 N–H and O–H groups in total. The topological polar surface area (TPSA) is 12.0 Å². The molecule has 1 aromatic rings. The van der Waals surface area contributed by atoms with E-state index in [0.717, 1.165) is 5.92 Å². The minimum absolute atomic E-state index is 0.539. The summed E-state index contributed by atoms with van der Waals surface area (Å²) in [5.41, 5.74) is 2.03. The van der Waals surface area contributed by atoms with Gasteiger partial charge in [-0.3, -0.25) is 0 Å². The van der Waals surface area contributed by atoms with Crippen molar-refractivity contribution in [3.63, 3.8) is 0 Å². The smallest absolute Gasteiger partial charge is 0.00153 e. The molecule has 0 saturated carbocycles. The van der Waals surface area contributed by atoms with Gasteiger partial charge >= 0.3 is 0 Å². The summed E-state index contributed by atoms with van der Waals surface area (Å²) in [7, 11) is 0. The lowest BCUT2D eigenvalue weighted by atomic mass is 9.67. The molecule has 18 heavy (non-hydrogen) atoms. The van der Waals surface area contributed by atoms with E-state index < -0.39 is 0 Å². The minimum Gasteiger partial charge on any atom is -0.316 e. The molecule has 1 aliphatic heterocycles. The number of nitrogens with one attached hydrogen (secondary N) is 1. The van der Waals surface area contributed by atoms with Crippen LogP contribution in [0.3, 0.4) is 0 Å². The van der Waals surface area contributed by atoms with Gasteiger partial charge in [0.25, 0.3) is 0 Å². The maximum atomic E-state index is 3.57. The zero-order valence-corrected chi connectivity index (χ0v) is 11.9. The van der Waals surface area contributed by atoms with Gasteiger partial charge in [0.2, 0.25) is 0 Å². The average molecular weight is 245 g/mol. The van der Waals surface area contributed by atoms with Crippen molar-refractivity contribution in [3.05, 3.63) is 35.9 Å². The first-order valence-corrected chi connectivity index (χ1v) is 7.49. The SMILES string of the molecule is CCCC1CNCCC1(C)CCc1ccccc1. The summed E-state index contributed by atoms with van der Waals surface area (Å²) < 4.78 is 0. The van der Waals surface area contributed by atoms with Crippen molar-refractivity contribution >= 4 is 0 Å². The highest BCUT2D eigenvalue weighted by atomic mass is 14.9. The first-order valence-electron chi connectivity index (χ1n) is 7.49. The first kappa shape index (κ1) is 13.6. The number of piperidine rings is 1. The van der Waals surface area contributed by atoms with Crippen molar-refractivity contribution in [2.75, 3.05) is 13.1 Å². The second-order valence-electron chi connectivity index (χ2n) is 6.08. The van der Waals surface area contributed by atoms with E-state index in [1.165, 1.54) is 50.8 Å². The van der Waals surface area contributed by atoms with Crippen molar-refractivity contribution in [2.45, 2.75) is 46.0 Å². The van der Waals surface area contributed by atoms with Crippen LogP contribution in [0.2, 0.25) is 0 Å². The molecule has 1 heteroatoms. The number of aryl methyl sites for hydroxylation is 1. The minimum atomic E-state index is 0.539. The Labute approximate surface area is 112 Å². The molecule has 0 bridgehead atoms. The zero-order valence-electron chi connectivity index (χ0n) is 11.9. The molecule has 2 atom stereocenters. The number of benzene rings is 1. The van der Waals surface area contributed by atoms with Gasteiger partial charge in [-0.15, -0.1) is 0 Å². The predicted octanol–water partition coefficient (Wildman–Crippen LogP) is 4.04. The average Bonchev–Trinajstić information content (AvgIpc) is 2.41. The standard InChI is InChI=1S/C17H27N/c1-3-7-16-14-18-13-12-17(16,2)11-10-15-8-5-4-6-9-15/h4-6,8-9,16,18H,3,7,10-14H2,1-2H3. The van der Waals surface area contributed by atoms with Crippen LogP contribution in [-0.2, 0) is 6.42 Å². The number of hydrogen-bond acceptors (Lipinski definition) is 1. The summed E-state index contributed by atoms with van der Waals surface area (Å²) in [6.07, 6.45) is 6.59. The Bertz CT molecular complexity index is 344. The van der Waals surface area contributed by atoms with Gasteiger partial charge in [0.15, 0.2) is 0 Å². The van der Waals surface area contributed by atoms with Crippen molar-refractivity contribution in [1.29, 1.82) is 0 Å². The van der Waals surface area contributed by atoms with Crippen molar-refractivity contribution < 1.29 is 0 Å². The monoisotopic (exact) mass is 245 g/mol. The van der Waals surface area contributed by atoms with Crippen LogP contribution >= 0.6 is 0 Å². The third kappa shape index (κ3) is 3.35. The maximum absolute atomic E-state index is 3.57. The molecule has 0 aromatic heterocycles. The van der Waals surface area contributed by atoms with Crippen LogP contribution in [0, 0.1) is 11.3 Å². The van der Waals surface area contributed by atoms with E-state index >= 15 is 0 Å². The lowest BCUT2D eigenvalue weighted by Crippen LogP contribution is -2.43. The fourth-order valence-electron chi connectivity index (χ4n) is 3.30. The molecule has 1 aromatic carbocycles. The van der Waals surface area contributed by atoms with Gasteiger partial charge in [-0.1, -0.05) is 50.6 Å². The molecular weight excluding hydrogens is 218 g/mol. The highest BCUT2D eigenvalue weighted by Gasteiger charge is 2.35. The van der Waals surface area contributed by atoms with E-state index in [-0.39, 0.29) is 0 Å². The quantitative estimate of drug-likeness (QED) is 0.825. The maximum Gasteiger partial charge on any atom is -0.00153 e. The highest BCUT2D eigenvalue weighted by molar-refractivity contribution is 5.15. The molecule has 0 spiro atoms. The van der Waals surface area contributed by atoms with Crippen molar-refractivity contribution in [2.24, 2.45) is 11.3 Å². The van der Waals surface area contributed by atoms with E-state index in [2.05, 4.69) is 49.5 Å². The predicted molar refractivity (Wildman–Crippen MR) is 78.8 cm³/mol. The van der Waals surface area contributed by atoms with Crippen LogP contribution in [0.25, 0.3) is 0 Å². The van der Waals surface area contributed by atoms with Gasteiger partial charge in [0.1, 0.15) is 0 Å². The summed E-state index contributed by atoms with van der Waals surface area (Å²) in [5.74, 6) is 0.861. The number of hydrogen-bond donors (Lipinski definition) is 1. The fraction of sp³-hybridized carbons (Fsp3) is 0.647. The largest absolute Gasteiger partial charge is 0.316 e. The van der Waals surface area contributed by atoms with E-state index in [0.29, 0.717) is 5.41 Å². The lowest BCUT2D eigenvalue weighted by Gasteiger charge is -2.42. The molecule has 1 saturated heterocycles. The van der Waals surface area contributed by atoms with E-state index in [1.807, 2.05) is 0 Å². The highest BCUT2D eigenvalue weighted by Crippen LogP contribution is 2.40. The lowest BCUT2D eigenvalue weighted by molar-refractivity contribution is 0.109. The van der Waals surface area contributed by atoms with Crippen LogP contribution in [0.1, 0.15) is 45.1 Å². The summed E-state index contributed by atoms with van der Waals surface area (Å²) in [6.45, 7) is 7.24. The van der Waals surface area contributed by atoms with Crippen LogP contribution < -0.4 is 5.32 Å². The van der Waals surface area contributed by atoms with Gasteiger partial charge in [-0.25, -0.2) is 0 Å². The summed E-state index contributed by atoms with van der Waals surface area (Å²) in [4.78, 5) is 0. The zero-order chi connectivity index (χ0) is 12.8. The Hall–Kier alpha value is -0.820. The summed E-state index contributed by atoms with van der Waals surface area (Å²) in [6, 6.07) is 10.9. The van der Waals surface area contributed by atoms with Crippen molar-refractivity contribution in [1.82, 2.24) is 5.32 Å². The van der Waals surface area contributed by atoms with Crippen molar-refractivity contribution in [3.8, 4) is 0 Å². The third-order valence-corrected chi connectivity index (χ3v) is 4.71. The second kappa shape index (κ2) is 6.38. The molecule has 0 amide bonds. The van der Waals surface area contributed by atoms with Gasteiger partial charge in [-0.05, 0) is 55.7 Å². The molecule has 1 heterocycles. The fourth-order valence-corrected chi connectivity index (χ4v) is 3.30. The normalized spacial score (nSPS) is 28.2. The molecule has 1 aliphatic rings. The van der Waals surface area contributed by atoms with Gasteiger partial charge in [0, 0.05) is 0 Å². The molecule has 0 aliphatic carbocycles. The van der Waals surface area contributed by atoms with Crippen LogP contribution in [0.15, 0.2) is 30.3 Å². The third-order valence-electron chi connectivity index (χ3n) is 4.71. The molecule has 100 valence electrons. The molecule has 1 fully saturated rings. The Balaban J connectivity index is 1.96. The Kier molecular flexibility index (Phi) is 4.82. The molecule has 2 rings (SSSR count). The first-order chi connectivity index (χ1) is 8.74. The van der Waals surface area contributed by atoms with Gasteiger partial charge in [-0.2, -0.15) is 0 Å². The van der Waals surface area contributed by atoms with E-state index in [9.17, 15) is 0 Å².